The molecule has 0 spiro atoms. The third kappa shape index (κ3) is 16.7. The number of carbonyl (C=O) groups excluding carboxylic acids is 8. The molecule has 0 bridgehead atoms. The number of aromatic amines is 1. The van der Waals surface area contributed by atoms with Crippen molar-refractivity contribution in [1.82, 2.24) is 47.2 Å². The van der Waals surface area contributed by atoms with Crippen molar-refractivity contribution in [3.63, 3.8) is 0 Å². The number of nitrogens with one attached hydrogen (secondary N) is 8. The molecular formula is C54H58F10N12O8S2. The molecule has 6 rings (SSSR count). The Kier molecular flexibility index (Phi) is 23.7. The number of primary amides is 1. The zero-order valence-electron chi connectivity index (χ0n) is 45.5. The summed E-state index contributed by atoms with van der Waals surface area (Å²) in [6.45, 7) is 3.09. The highest BCUT2D eigenvalue weighted by atomic mass is 33.1. The van der Waals surface area contributed by atoms with Crippen molar-refractivity contribution in [1.29, 1.82) is 0 Å². The number of aromatic nitrogens is 2. The molecule has 0 radical (unpaired) electrons. The zero-order chi connectivity index (χ0) is 63.3. The third-order valence-corrected chi connectivity index (χ3v) is 16.0. The number of nitrogens with two attached hydrogens (primary N) is 3. The lowest BCUT2D eigenvalue weighted by Gasteiger charge is -2.29. The zero-order valence-corrected chi connectivity index (χ0v) is 47.1. The summed E-state index contributed by atoms with van der Waals surface area (Å²) < 4.78 is 144. The lowest BCUT2D eigenvalue weighted by atomic mass is 10.00. The van der Waals surface area contributed by atoms with E-state index < -0.39 is 202 Å². The summed E-state index contributed by atoms with van der Waals surface area (Å²) >= 11 is 0. The fraction of sp³-hybridized carbons (Fsp3) is 0.389. The molecule has 5 aromatic rings. The van der Waals surface area contributed by atoms with Crippen LogP contribution in [-0.2, 0) is 64.0 Å². The SMILES string of the molecule is CC(C)[C@@H]1NC(=O)[C@H](CCCCN)NC(=O)[C@@H](Cc2c[nH]c3ccccc23)NC(=O)[C@H](Cc2ccccn2)NC(=O)[C@H](NC(=O)[C@@H](N)Cc2c(F)c(F)c(F)c(F)c2F)CSSC[C@@H](C(=O)N[C@@H](Cc2c(F)c(F)c(F)c(F)c2F)C(N)=O)NC1=O. The fourth-order valence-electron chi connectivity index (χ4n) is 8.84. The summed E-state index contributed by atoms with van der Waals surface area (Å²) in [7, 11) is 1.24. The molecule has 464 valence electrons. The van der Waals surface area contributed by atoms with Gasteiger partial charge in [-0.1, -0.05) is 59.7 Å². The van der Waals surface area contributed by atoms with Crippen LogP contribution in [0.3, 0.4) is 0 Å². The first kappa shape index (κ1) is 67.2. The number of amides is 8. The molecule has 0 saturated carbocycles. The maximum atomic E-state index is 14.9. The van der Waals surface area contributed by atoms with Crippen LogP contribution in [0.4, 0.5) is 43.9 Å². The van der Waals surface area contributed by atoms with Crippen molar-refractivity contribution in [2.45, 2.75) is 107 Å². The van der Waals surface area contributed by atoms with Gasteiger partial charge in [-0.2, -0.15) is 0 Å². The molecule has 0 unspecified atom stereocenters. The normalized spacial score (nSPS) is 20.2. The Hall–Kier alpha value is -7.97. The Morgan fingerprint density at radius 3 is 1.76 bits per heavy atom. The molecule has 1 aliphatic heterocycles. The molecule has 1 fully saturated rings. The average Bonchev–Trinajstić information content (AvgIpc) is 3.47. The molecule has 20 nitrogen and oxygen atoms in total. The topological polar surface area (TPSA) is 328 Å². The number of pyridine rings is 1. The maximum absolute atomic E-state index is 14.9. The predicted octanol–water partition coefficient (Wildman–Crippen LogP) is 2.61. The summed E-state index contributed by atoms with van der Waals surface area (Å²) in [6, 6.07) is -3.13. The smallest absolute Gasteiger partial charge is 0.244 e. The molecule has 2 aromatic heterocycles. The number of unbranched alkanes of at least 4 members (excludes halogenated alkanes) is 1. The highest BCUT2D eigenvalue weighted by Gasteiger charge is 2.38. The number of fused-ring (bicyclic) bond motifs is 1. The summed E-state index contributed by atoms with van der Waals surface area (Å²) in [6.07, 6.45) is -0.0885. The average molecular weight is 1260 g/mol. The number of para-hydroxylation sites is 1. The molecule has 8 amide bonds. The van der Waals surface area contributed by atoms with Crippen molar-refractivity contribution in [3.8, 4) is 0 Å². The lowest BCUT2D eigenvalue weighted by molar-refractivity contribution is -0.136. The number of carbonyl (C=O) groups is 8. The maximum Gasteiger partial charge on any atom is 0.244 e. The number of hydrogen-bond acceptors (Lipinski definition) is 13. The summed E-state index contributed by atoms with van der Waals surface area (Å²) in [5.74, 6) is -35.7. The quantitative estimate of drug-likeness (QED) is 0.0198. The minimum absolute atomic E-state index is 0.109. The number of hydrogen-bond donors (Lipinski definition) is 11. The summed E-state index contributed by atoms with van der Waals surface area (Å²) in [5.41, 5.74) is 15.4. The van der Waals surface area contributed by atoms with Gasteiger partial charge in [-0.15, -0.1) is 0 Å². The van der Waals surface area contributed by atoms with Crippen molar-refractivity contribution in [3.05, 3.63) is 135 Å². The van der Waals surface area contributed by atoms with Crippen LogP contribution in [0.1, 0.15) is 55.5 Å². The molecule has 86 heavy (non-hydrogen) atoms. The molecule has 32 heteroatoms. The van der Waals surface area contributed by atoms with Crippen molar-refractivity contribution in [2.75, 3.05) is 18.1 Å². The Morgan fingerprint density at radius 1 is 0.640 bits per heavy atom. The Morgan fingerprint density at radius 2 is 1.17 bits per heavy atom. The molecule has 1 saturated heterocycles. The van der Waals surface area contributed by atoms with Gasteiger partial charge in [0.2, 0.25) is 58.9 Å². The number of nitrogens with zero attached hydrogens (tertiary/aromatic N) is 1. The van der Waals surface area contributed by atoms with Gasteiger partial charge in [0.05, 0.1) is 6.04 Å². The van der Waals surface area contributed by atoms with Crippen LogP contribution in [0, 0.1) is 64.1 Å². The van der Waals surface area contributed by atoms with Crippen LogP contribution >= 0.6 is 21.6 Å². The second-order valence-electron chi connectivity index (χ2n) is 20.1. The molecule has 0 aliphatic carbocycles. The van der Waals surface area contributed by atoms with Gasteiger partial charge in [0, 0.05) is 77.3 Å². The van der Waals surface area contributed by atoms with Gasteiger partial charge >= 0.3 is 0 Å². The fourth-order valence-corrected chi connectivity index (χ4v) is 11.2. The monoisotopic (exact) mass is 1260 g/mol. The van der Waals surface area contributed by atoms with Crippen molar-refractivity contribution >= 4 is 79.7 Å². The van der Waals surface area contributed by atoms with E-state index in [0.29, 0.717) is 44.5 Å². The number of halogens is 10. The van der Waals surface area contributed by atoms with E-state index in [4.69, 9.17) is 17.2 Å². The van der Waals surface area contributed by atoms with Gasteiger partial charge in [-0.05, 0) is 55.5 Å². The van der Waals surface area contributed by atoms with E-state index in [1.807, 2.05) is 5.32 Å². The van der Waals surface area contributed by atoms with E-state index in [2.05, 4.69) is 41.9 Å². The van der Waals surface area contributed by atoms with E-state index in [1.54, 1.807) is 36.5 Å². The Labute approximate surface area is 491 Å². The van der Waals surface area contributed by atoms with Crippen molar-refractivity contribution in [2.24, 2.45) is 23.1 Å². The number of benzene rings is 3. The largest absolute Gasteiger partial charge is 0.368 e. The minimum atomic E-state index is -2.54. The van der Waals surface area contributed by atoms with Gasteiger partial charge in [0.15, 0.2) is 46.5 Å². The number of H-pyrrole nitrogens is 1. The first-order chi connectivity index (χ1) is 40.7. The van der Waals surface area contributed by atoms with E-state index in [-0.39, 0.29) is 31.5 Å². The highest BCUT2D eigenvalue weighted by molar-refractivity contribution is 8.76. The van der Waals surface area contributed by atoms with Crippen LogP contribution in [0.5, 0.6) is 0 Å². The highest BCUT2D eigenvalue weighted by Crippen LogP contribution is 2.28. The molecule has 3 aromatic carbocycles. The van der Waals surface area contributed by atoms with Crippen LogP contribution < -0.4 is 54.4 Å². The van der Waals surface area contributed by atoms with Crippen LogP contribution in [0.25, 0.3) is 10.9 Å². The molecule has 3 heterocycles. The first-order valence-electron chi connectivity index (χ1n) is 26.3. The van der Waals surface area contributed by atoms with Gasteiger partial charge in [-0.3, -0.25) is 43.3 Å². The molecule has 1 aliphatic rings. The Balaban J connectivity index is 1.43. The van der Waals surface area contributed by atoms with Gasteiger partial charge in [-0.25, -0.2) is 43.9 Å². The predicted molar refractivity (Wildman–Crippen MR) is 293 cm³/mol. The summed E-state index contributed by atoms with van der Waals surface area (Å²) in [4.78, 5) is 121. The van der Waals surface area contributed by atoms with Crippen LogP contribution in [0.2, 0.25) is 0 Å². The minimum Gasteiger partial charge on any atom is -0.368 e. The van der Waals surface area contributed by atoms with Gasteiger partial charge < -0.3 is 59.4 Å². The molecular weight excluding hydrogens is 1200 g/mol. The second-order valence-corrected chi connectivity index (χ2v) is 22.6. The standard InChI is InChI=1S/C54H58F10N12O8S2/c1-22(2)46-54(84)75-35(52(82)71-31(47(67)77)18-27-38(57)42(61)45(64)43(62)39(27)58)21-86-85-20-34(74-48(78)28(66)17-26-36(55)40(59)44(63)41(60)37(26)56)53(83)73-33(16-24-9-6-8-14-68-24)51(81)72-32(15-23-19-69-29-11-4-3-10-25(23)29)50(80)70-30(49(79)76-46)12-5-7-13-65/h3-4,6,8-11,14,19,22,28,30-35,46,69H,5,7,12-13,15-18,20-21,65-66H2,1-2H3,(H2,67,77)(H,70,80)(H,71,82)(H,72,81)(H,73,83)(H,74,78)(H,75,84)(H,76,79)/t28-,30-,31-,32+,33-,34+,35-,46-/m0/s1. The van der Waals surface area contributed by atoms with Crippen LogP contribution in [0.15, 0.2) is 54.9 Å². The summed E-state index contributed by atoms with van der Waals surface area (Å²) in [5, 5.41) is 17.6. The second kappa shape index (κ2) is 30.4. The third-order valence-electron chi connectivity index (χ3n) is 13.6. The van der Waals surface area contributed by atoms with E-state index in [0.717, 1.165) is 0 Å². The van der Waals surface area contributed by atoms with Gasteiger partial charge in [0.25, 0.3) is 0 Å². The van der Waals surface area contributed by atoms with E-state index >= 15 is 0 Å². The lowest BCUT2D eigenvalue weighted by Crippen LogP contribution is -2.61. The Bertz CT molecular complexity index is 3300. The van der Waals surface area contributed by atoms with Gasteiger partial charge in [0.1, 0.15) is 42.3 Å². The molecule has 14 N–H and O–H groups in total. The van der Waals surface area contributed by atoms with Crippen LogP contribution in [-0.4, -0.2) is 124 Å². The van der Waals surface area contributed by atoms with Crippen molar-refractivity contribution < 1.29 is 82.3 Å². The molecule has 8 atom stereocenters. The first-order valence-corrected chi connectivity index (χ1v) is 28.8. The number of rotatable bonds is 18. The van der Waals surface area contributed by atoms with E-state index in [1.165, 1.54) is 32.2 Å². The van der Waals surface area contributed by atoms with E-state index in [9.17, 15) is 82.3 Å².